The van der Waals surface area contributed by atoms with Gasteiger partial charge in [-0.25, -0.2) is 4.99 Å². The first-order chi connectivity index (χ1) is 10.5. The molecule has 0 saturated heterocycles. The molecule has 2 nitrogen and oxygen atoms in total. The Morgan fingerprint density at radius 2 is 1.68 bits per heavy atom. The van der Waals surface area contributed by atoms with Gasteiger partial charge in [0.15, 0.2) is 0 Å². The lowest BCUT2D eigenvalue weighted by atomic mass is 9.97. The molecule has 0 unspecified atom stereocenters. The Hall–Kier alpha value is -2.09. The van der Waals surface area contributed by atoms with Crippen molar-refractivity contribution in [3.63, 3.8) is 0 Å². The van der Waals surface area contributed by atoms with E-state index in [0.29, 0.717) is 0 Å². The lowest BCUT2D eigenvalue weighted by molar-refractivity contribution is 0.552. The topological polar surface area (TPSA) is 15.6 Å². The van der Waals surface area contributed by atoms with Crippen LogP contribution in [0, 0.1) is 20.8 Å². The summed E-state index contributed by atoms with van der Waals surface area (Å²) in [6, 6.07) is 13.2. The monoisotopic (exact) mass is 294 g/mol. The normalized spacial score (nSPS) is 11.1. The van der Waals surface area contributed by atoms with Crippen molar-refractivity contribution >= 4 is 12.0 Å². The van der Waals surface area contributed by atoms with Crippen molar-refractivity contribution in [2.24, 2.45) is 4.99 Å². The predicted octanol–water partition coefficient (Wildman–Crippen LogP) is 4.81. The molecule has 0 aliphatic carbocycles. The Morgan fingerprint density at radius 1 is 1.00 bits per heavy atom. The molecule has 0 fully saturated rings. The van der Waals surface area contributed by atoms with E-state index >= 15 is 0 Å². The second-order valence-electron chi connectivity index (χ2n) is 6.05. The van der Waals surface area contributed by atoms with Gasteiger partial charge in [0, 0.05) is 13.6 Å². The Labute approximate surface area is 134 Å². The van der Waals surface area contributed by atoms with Crippen molar-refractivity contribution in [1.82, 2.24) is 4.90 Å². The van der Waals surface area contributed by atoms with E-state index in [1.807, 2.05) is 13.4 Å². The van der Waals surface area contributed by atoms with Crippen LogP contribution >= 0.6 is 0 Å². The van der Waals surface area contributed by atoms with E-state index in [1.165, 1.54) is 27.8 Å². The molecule has 0 N–H and O–H groups in total. The van der Waals surface area contributed by atoms with Crippen LogP contribution in [-0.2, 0) is 6.42 Å². The molecule has 0 saturated carbocycles. The van der Waals surface area contributed by atoms with Gasteiger partial charge >= 0.3 is 0 Å². The molecule has 2 aromatic carbocycles. The van der Waals surface area contributed by atoms with Crippen LogP contribution in [0.4, 0.5) is 5.69 Å². The summed E-state index contributed by atoms with van der Waals surface area (Å²) in [6.45, 7) is 9.52. The number of hydrogen-bond donors (Lipinski definition) is 0. The molecule has 22 heavy (non-hydrogen) atoms. The zero-order chi connectivity index (χ0) is 16.1. The van der Waals surface area contributed by atoms with Crippen LogP contribution in [0.15, 0.2) is 41.4 Å². The summed E-state index contributed by atoms with van der Waals surface area (Å²) in [5.41, 5.74) is 7.61. The highest BCUT2D eigenvalue weighted by Gasteiger charge is 2.06. The number of aliphatic imine (C=N–C) groups is 1. The summed E-state index contributed by atoms with van der Waals surface area (Å²) in [5.74, 6) is 0. The van der Waals surface area contributed by atoms with Crippen LogP contribution in [0.2, 0.25) is 0 Å². The first-order valence-electron chi connectivity index (χ1n) is 7.89. The van der Waals surface area contributed by atoms with Gasteiger partial charge < -0.3 is 4.90 Å². The summed E-state index contributed by atoms with van der Waals surface area (Å²) in [7, 11) is 2.04. The zero-order valence-corrected chi connectivity index (χ0v) is 14.4. The Balaban J connectivity index is 2.30. The molecular weight excluding hydrogens is 268 g/mol. The molecule has 0 amide bonds. The number of benzene rings is 2. The Morgan fingerprint density at radius 3 is 2.32 bits per heavy atom. The molecule has 0 aliphatic rings. The second kappa shape index (κ2) is 7.26. The standard InChI is InChI=1S/C20H26N2/c1-6-22(5)14-21-20-12-16(3)11-19(17(20)4)13-18-9-7-15(2)8-10-18/h7-12,14H,6,13H2,1-5H3/b21-14-. The van der Waals surface area contributed by atoms with Gasteiger partial charge in [0.1, 0.15) is 0 Å². The third-order valence-electron chi connectivity index (χ3n) is 4.04. The molecule has 2 heteroatoms. The SMILES string of the molecule is CCN(C)/C=N\c1cc(C)cc(Cc2ccc(C)cc2)c1C. The predicted molar refractivity (Wildman–Crippen MR) is 96.4 cm³/mol. The van der Waals surface area contributed by atoms with Gasteiger partial charge in [-0.05, 0) is 62.4 Å². The molecular formula is C20H26N2. The number of rotatable bonds is 5. The smallest absolute Gasteiger partial charge is 0.0909 e. The van der Waals surface area contributed by atoms with Gasteiger partial charge in [-0.15, -0.1) is 0 Å². The molecule has 0 atom stereocenters. The highest BCUT2D eigenvalue weighted by Crippen LogP contribution is 2.26. The number of aryl methyl sites for hydroxylation is 2. The minimum atomic E-state index is 0.958. The highest BCUT2D eigenvalue weighted by atomic mass is 15.1. The summed E-state index contributed by atoms with van der Waals surface area (Å²) < 4.78 is 0. The van der Waals surface area contributed by atoms with E-state index < -0.39 is 0 Å². The van der Waals surface area contributed by atoms with Crippen molar-refractivity contribution in [3.05, 3.63) is 64.2 Å². The minimum absolute atomic E-state index is 0.958. The maximum absolute atomic E-state index is 4.65. The van der Waals surface area contributed by atoms with Gasteiger partial charge in [-0.3, -0.25) is 0 Å². The van der Waals surface area contributed by atoms with E-state index in [9.17, 15) is 0 Å². The van der Waals surface area contributed by atoms with Gasteiger partial charge in [0.05, 0.1) is 12.0 Å². The van der Waals surface area contributed by atoms with Crippen LogP contribution < -0.4 is 0 Å². The Kier molecular flexibility index (Phi) is 5.37. The van der Waals surface area contributed by atoms with Crippen LogP contribution in [-0.4, -0.2) is 24.8 Å². The molecule has 0 aromatic heterocycles. The van der Waals surface area contributed by atoms with Crippen LogP contribution in [0.1, 0.15) is 34.7 Å². The second-order valence-corrected chi connectivity index (χ2v) is 6.05. The van der Waals surface area contributed by atoms with Crippen molar-refractivity contribution < 1.29 is 0 Å². The quantitative estimate of drug-likeness (QED) is 0.570. The molecule has 2 aromatic rings. The zero-order valence-electron chi connectivity index (χ0n) is 14.4. The summed E-state index contributed by atoms with van der Waals surface area (Å²) >= 11 is 0. The van der Waals surface area contributed by atoms with Crippen molar-refractivity contribution in [2.45, 2.75) is 34.1 Å². The lowest BCUT2D eigenvalue weighted by Crippen LogP contribution is -2.14. The van der Waals surface area contributed by atoms with E-state index in [-0.39, 0.29) is 0 Å². The molecule has 2 rings (SSSR count). The fraction of sp³-hybridized carbons (Fsp3) is 0.350. The largest absolute Gasteiger partial charge is 0.366 e. The van der Waals surface area contributed by atoms with Gasteiger partial charge in [-0.1, -0.05) is 35.9 Å². The van der Waals surface area contributed by atoms with E-state index in [4.69, 9.17) is 0 Å². The first-order valence-corrected chi connectivity index (χ1v) is 7.89. The molecule has 0 bridgehead atoms. The lowest BCUT2D eigenvalue weighted by Gasteiger charge is -2.13. The van der Waals surface area contributed by atoms with Crippen LogP contribution in [0.3, 0.4) is 0 Å². The van der Waals surface area contributed by atoms with Crippen LogP contribution in [0.5, 0.6) is 0 Å². The Bertz CT molecular complexity index is 654. The van der Waals surface area contributed by atoms with E-state index in [2.05, 4.69) is 74.0 Å². The fourth-order valence-corrected chi connectivity index (χ4v) is 2.40. The first kappa shape index (κ1) is 16.3. The third kappa shape index (κ3) is 4.20. The van der Waals surface area contributed by atoms with Gasteiger partial charge in [0.2, 0.25) is 0 Å². The highest BCUT2D eigenvalue weighted by molar-refractivity contribution is 5.64. The maximum atomic E-state index is 4.65. The maximum Gasteiger partial charge on any atom is 0.0909 e. The molecule has 0 spiro atoms. The summed E-state index contributed by atoms with van der Waals surface area (Å²) in [6.07, 6.45) is 2.87. The van der Waals surface area contributed by atoms with Crippen molar-refractivity contribution in [3.8, 4) is 0 Å². The average molecular weight is 294 g/mol. The van der Waals surface area contributed by atoms with E-state index in [0.717, 1.165) is 18.7 Å². The van der Waals surface area contributed by atoms with E-state index in [1.54, 1.807) is 0 Å². The fourth-order valence-electron chi connectivity index (χ4n) is 2.40. The number of nitrogens with zero attached hydrogens (tertiary/aromatic N) is 2. The van der Waals surface area contributed by atoms with Crippen molar-refractivity contribution in [1.29, 1.82) is 0 Å². The van der Waals surface area contributed by atoms with Gasteiger partial charge in [0.25, 0.3) is 0 Å². The molecule has 0 radical (unpaired) electrons. The third-order valence-corrected chi connectivity index (χ3v) is 4.04. The summed E-state index contributed by atoms with van der Waals surface area (Å²) in [4.78, 5) is 6.74. The number of hydrogen-bond acceptors (Lipinski definition) is 1. The van der Waals surface area contributed by atoms with Crippen LogP contribution in [0.25, 0.3) is 0 Å². The van der Waals surface area contributed by atoms with Crippen molar-refractivity contribution in [2.75, 3.05) is 13.6 Å². The minimum Gasteiger partial charge on any atom is -0.366 e. The molecule has 0 heterocycles. The molecule has 0 aliphatic heterocycles. The summed E-state index contributed by atoms with van der Waals surface area (Å²) in [5, 5.41) is 0. The van der Waals surface area contributed by atoms with Gasteiger partial charge in [-0.2, -0.15) is 0 Å². The average Bonchev–Trinajstić information content (AvgIpc) is 2.50. The molecule has 116 valence electrons.